The molecule has 3 aromatic rings. The number of thiophene rings is 1. The van der Waals surface area contributed by atoms with Crippen molar-refractivity contribution in [3.8, 4) is 0 Å². The molecular formula is C12H6ClF2N3S. The minimum atomic E-state index is -0.663. The van der Waals surface area contributed by atoms with Gasteiger partial charge in [0, 0.05) is 11.8 Å². The van der Waals surface area contributed by atoms with E-state index >= 15 is 0 Å². The molecule has 0 saturated heterocycles. The molecule has 3 rings (SSSR count). The summed E-state index contributed by atoms with van der Waals surface area (Å²) in [4.78, 5) is 8.80. The highest BCUT2D eigenvalue weighted by Gasteiger charge is 2.09. The SMILES string of the molecule is Fc1cc(F)cc(Nc2nc(Cl)nc3sccc23)c1. The third-order valence-electron chi connectivity index (χ3n) is 2.42. The third-order valence-corrected chi connectivity index (χ3v) is 3.40. The van der Waals surface area contributed by atoms with E-state index < -0.39 is 11.6 Å². The molecule has 0 fully saturated rings. The summed E-state index contributed by atoms with van der Waals surface area (Å²) in [5.41, 5.74) is 0.264. The number of aromatic nitrogens is 2. The van der Waals surface area contributed by atoms with Gasteiger partial charge in [-0.05, 0) is 35.2 Å². The minimum absolute atomic E-state index is 0.0781. The van der Waals surface area contributed by atoms with E-state index in [1.807, 2.05) is 11.4 Å². The fraction of sp³-hybridized carbons (Fsp3) is 0. The van der Waals surface area contributed by atoms with Crippen molar-refractivity contribution in [3.05, 3.63) is 46.6 Å². The van der Waals surface area contributed by atoms with Crippen LogP contribution in [0, 0.1) is 11.6 Å². The summed E-state index contributed by atoms with van der Waals surface area (Å²) in [6.45, 7) is 0. The molecule has 0 atom stereocenters. The van der Waals surface area contributed by atoms with Gasteiger partial charge in [-0.2, -0.15) is 4.98 Å². The molecular weight excluding hydrogens is 292 g/mol. The first-order valence-corrected chi connectivity index (χ1v) is 6.51. The van der Waals surface area contributed by atoms with Gasteiger partial charge in [-0.3, -0.25) is 0 Å². The lowest BCUT2D eigenvalue weighted by Gasteiger charge is -2.07. The van der Waals surface area contributed by atoms with Crippen molar-refractivity contribution in [2.75, 3.05) is 5.32 Å². The molecule has 0 aliphatic carbocycles. The molecule has 96 valence electrons. The Kier molecular flexibility index (Phi) is 3.04. The van der Waals surface area contributed by atoms with Crippen LogP contribution in [0.2, 0.25) is 5.28 Å². The summed E-state index contributed by atoms with van der Waals surface area (Å²) < 4.78 is 26.3. The highest BCUT2D eigenvalue weighted by Crippen LogP contribution is 2.29. The third kappa shape index (κ3) is 2.50. The highest BCUT2D eigenvalue weighted by molar-refractivity contribution is 7.16. The second kappa shape index (κ2) is 4.71. The molecule has 2 aromatic heterocycles. The number of benzene rings is 1. The first-order valence-electron chi connectivity index (χ1n) is 5.26. The van der Waals surface area contributed by atoms with Crippen molar-refractivity contribution in [1.29, 1.82) is 0 Å². The molecule has 1 N–H and O–H groups in total. The lowest BCUT2D eigenvalue weighted by Crippen LogP contribution is -1.97. The summed E-state index contributed by atoms with van der Waals surface area (Å²) in [5.74, 6) is -0.908. The molecule has 1 aromatic carbocycles. The summed E-state index contributed by atoms with van der Waals surface area (Å²) in [6.07, 6.45) is 0. The fourth-order valence-corrected chi connectivity index (χ4v) is 2.67. The van der Waals surface area contributed by atoms with Crippen LogP contribution in [0.3, 0.4) is 0 Å². The van der Waals surface area contributed by atoms with Gasteiger partial charge in [-0.1, -0.05) is 0 Å². The Bertz CT molecular complexity index is 740. The van der Waals surface area contributed by atoms with Crippen LogP contribution in [0.5, 0.6) is 0 Å². The Hall–Kier alpha value is -1.79. The molecule has 0 saturated carbocycles. The number of halogens is 3. The molecule has 7 heteroatoms. The monoisotopic (exact) mass is 297 g/mol. The first-order chi connectivity index (χ1) is 9.11. The summed E-state index contributed by atoms with van der Waals surface area (Å²) in [7, 11) is 0. The Balaban J connectivity index is 2.07. The molecule has 0 unspecified atom stereocenters. The second-order valence-corrected chi connectivity index (χ2v) is 5.00. The number of rotatable bonds is 2. The topological polar surface area (TPSA) is 37.8 Å². The fourth-order valence-electron chi connectivity index (χ4n) is 1.69. The van der Waals surface area contributed by atoms with Gasteiger partial charge in [0.2, 0.25) is 5.28 Å². The lowest BCUT2D eigenvalue weighted by molar-refractivity contribution is 0.584. The van der Waals surface area contributed by atoms with Crippen LogP contribution in [-0.4, -0.2) is 9.97 Å². The zero-order valence-corrected chi connectivity index (χ0v) is 10.9. The van der Waals surface area contributed by atoms with Crippen molar-refractivity contribution < 1.29 is 8.78 Å². The van der Waals surface area contributed by atoms with Gasteiger partial charge in [0.05, 0.1) is 5.39 Å². The van der Waals surface area contributed by atoms with Gasteiger partial charge in [0.15, 0.2) is 0 Å². The Labute approximate surface area is 115 Å². The van der Waals surface area contributed by atoms with Crippen molar-refractivity contribution in [2.45, 2.75) is 0 Å². The zero-order valence-electron chi connectivity index (χ0n) is 9.32. The smallest absolute Gasteiger partial charge is 0.225 e. The van der Waals surface area contributed by atoms with Gasteiger partial charge in [0.25, 0.3) is 0 Å². The van der Waals surface area contributed by atoms with Crippen LogP contribution in [0.25, 0.3) is 10.2 Å². The Morgan fingerprint density at radius 1 is 1.11 bits per heavy atom. The van der Waals surface area contributed by atoms with E-state index in [9.17, 15) is 8.78 Å². The summed E-state index contributed by atoms with van der Waals surface area (Å²) in [5, 5.41) is 5.51. The number of anilines is 2. The van der Waals surface area contributed by atoms with E-state index in [4.69, 9.17) is 11.6 Å². The molecule has 19 heavy (non-hydrogen) atoms. The molecule has 2 heterocycles. The summed E-state index contributed by atoms with van der Waals surface area (Å²) >= 11 is 7.21. The zero-order chi connectivity index (χ0) is 13.4. The second-order valence-electron chi connectivity index (χ2n) is 3.76. The molecule has 3 nitrogen and oxygen atoms in total. The van der Waals surface area contributed by atoms with Gasteiger partial charge in [0.1, 0.15) is 22.3 Å². The van der Waals surface area contributed by atoms with E-state index in [0.717, 1.165) is 11.5 Å². The maximum absolute atomic E-state index is 13.1. The van der Waals surface area contributed by atoms with Crippen LogP contribution in [0.15, 0.2) is 29.6 Å². The lowest BCUT2D eigenvalue weighted by atomic mass is 10.3. The molecule has 0 spiro atoms. The Morgan fingerprint density at radius 3 is 2.58 bits per heavy atom. The molecule has 0 radical (unpaired) electrons. The molecule has 0 aliphatic rings. The number of nitrogens with zero attached hydrogens (tertiary/aromatic N) is 2. The van der Waals surface area contributed by atoms with E-state index in [-0.39, 0.29) is 11.0 Å². The van der Waals surface area contributed by atoms with Crippen LogP contribution < -0.4 is 5.32 Å². The summed E-state index contributed by atoms with van der Waals surface area (Å²) in [6, 6.07) is 4.97. The van der Waals surface area contributed by atoms with Gasteiger partial charge < -0.3 is 5.32 Å². The predicted octanol–water partition coefficient (Wildman–Crippen LogP) is 4.37. The quantitative estimate of drug-likeness (QED) is 0.714. The van der Waals surface area contributed by atoms with Gasteiger partial charge >= 0.3 is 0 Å². The van der Waals surface area contributed by atoms with Crippen LogP contribution >= 0.6 is 22.9 Å². The number of hydrogen-bond donors (Lipinski definition) is 1. The molecule has 0 aliphatic heterocycles. The van der Waals surface area contributed by atoms with Gasteiger partial charge in [-0.25, -0.2) is 13.8 Å². The van der Waals surface area contributed by atoms with Crippen LogP contribution in [0.4, 0.5) is 20.3 Å². The number of hydrogen-bond acceptors (Lipinski definition) is 4. The van der Waals surface area contributed by atoms with Crippen LogP contribution in [0.1, 0.15) is 0 Å². The largest absolute Gasteiger partial charge is 0.339 e. The highest BCUT2D eigenvalue weighted by atomic mass is 35.5. The van der Waals surface area contributed by atoms with E-state index in [0.29, 0.717) is 10.6 Å². The van der Waals surface area contributed by atoms with E-state index in [2.05, 4.69) is 15.3 Å². The standard InChI is InChI=1S/C12H6ClF2N3S/c13-12-17-10(9-1-2-19-11(9)18-12)16-8-4-6(14)3-7(15)5-8/h1-5H,(H,16,17,18). The van der Waals surface area contributed by atoms with E-state index in [1.54, 1.807) is 0 Å². The molecule has 0 bridgehead atoms. The maximum Gasteiger partial charge on any atom is 0.225 e. The normalized spacial score (nSPS) is 10.9. The van der Waals surface area contributed by atoms with Gasteiger partial charge in [-0.15, -0.1) is 11.3 Å². The van der Waals surface area contributed by atoms with Crippen molar-refractivity contribution in [1.82, 2.24) is 9.97 Å². The number of nitrogens with one attached hydrogen (secondary N) is 1. The maximum atomic E-state index is 13.1. The average molecular weight is 298 g/mol. The van der Waals surface area contributed by atoms with Crippen molar-refractivity contribution in [2.24, 2.45) is 0 Å². The average Bonchev–Trinajstić information content (AvgIpc) is 2.75. The number of fused-ring (bicyclic) bond motifs is 1. The molecule has 0 amide bonds. The van der Waals surface area contributed by atoms with Crippen molar-refractivity contribution >= 4 is 44.7 Å². The van der Waals surface area contributed by atoms with Crippen molar-refractivity contribution in [3.63, 3.8) is 0 Å². The van der Waals surface area contributed by atoms with E-state index in [1.165, 1.54) is 23.5 Å². The first kappa shape index (κ1) is 12.3. The minimum Gasteiger partial charge on any atom is -0.339 e. The Morgan fingerprint density at radius 2 is 1.84 bits per heavy atom. The predicted molar refractivity (Wildman–Crippen MR) is 72.1 cm³/mol. The van der Waals surface area contributed by atoms with Crippen LogP contribution in [-0.2, 0) is 0 Å².